The van der Waals surface area contributed by atoms with E-state index in [1.54, 1.807) is 41.3 Å². The molecule has 1 saturated heterocycles. The van der Waals surface area contributed by atoms with Crippen LogP contribution in [0.5, 0.6) is 5.75 Å². The lowest BCUT2D eigenvalue weighted by Gasteiger charge is -2.33. The van der Waals surface area contributed by atoms with E-state index in [0.29, 0.717) is 43.3 Å². The minimum atomic E-state index is -0.377. The Bertz CT molecular complexity index is 1000. The van der Waals surface area contributed by atoms with Gasteiger partial charge in [0.1, 0.15) is 17.7 Å². The van der Waals surface area contributed by atoms with Crippen molar-refractivity contribution in [3.63, 3.8) is 0 Å². The minimum absolute atomic E-state index is 0.0240. The molecule has 6 nitrogen and oxygen atoms in total. The van der Waals surface area contributed by atoms with Gasteiger partial charge in [-0.3, -0.25) is 4.79 Å². The van der Waals surface area contributed by atoms with Crippen molar-refractivity contribution < 1.29 is 23.4 Å². The van der Waals surface area contributed by atoms with E-state index in [0.717, 1.165) is 5.56 Å². The van der Waals surface area contributed by atoms with E-state index in [9.17, 15) is 14.3 Å². The Labute approximate surface area is 167 Å². The first kappa shape index (κ1) is 19.1. The number of phenolic OH excluding ortho intramolecular Hbond substituents is 1. The lowest BCUT2D eigenvalue weighted by molar-refractivity contribution is -0.139. The predicted molar refractivity (Wildman–Crippen MR) is 104 cm³/mol. The summed E-state index contributed by atoms with van der Waals surface area (Å²) in [5, 5.41) is 9.65. The number of aromatic nitrogens is 1. The van der Waals surface area contributed by atoms with Crippen molar-refractivity contribution in [1.82, 2.24) is 9.88 Å². The van der Waals surface area contributed by atoms with Gasteiger partial charge in [0, 0.05) is 19.4 Å². The van der Waals surface area contributed by atoms with E-state index < -0.39 is 0 Å². The fourth-order valence-corrected chi connectivity index (χ4v) is 3.39. The van der Waals surface area contributed by atoms with Crippen LogP contribution < -0.4 is 0 Å². The van der Waals surface area contributed by atoms with E-state index in [-0.39, 0.29) is 30.0 Å². The minimum Gasteiger partial charge on any atom is -0.508 e. The third-order valence-corrected chi connectivity index (χ3v) is 4.91. The molecule has 29 heavy (non-hydrogen) atoms. The fourth-order valence-electron chi connectivity index (χ4n) is 3.39. The number of hydrogen-bond donors (Lipinski definition) is 1. The van der Waals surface area contributed by atoms with Crippen LogP contribution in [0.2, 0.25) is 0 Å². The van der Waals surface area contributed by atoms with Crippen molar-refractivity contribution in [1.29, 1.82) is 0 Å². The first-order chi connectivity index (χ1) is 14.1. The number of amides is 1. The number of phenols is 1. The van der Waals surface area contributed by atoms with Crippen LogP contribution in [0.1, 0.15) is 24.0 Å². The molecule has 1 atom stereocenters. The third-order valence-electron chi connectivity index (χ3n) is 4.91. The van der Waals surface area contributed by atoms with E-state index in [1.165, 1.54) is 12.3 Å². The average molecular weight is 396 g/mol. The molecule has 7 heteroatoms. The molecular formula is C22H21FN2O4. The normalized spacial score (nSPS) is 16.7. The summed E-state index contributed by atoms with van der Waals surface area (Å²) in [6.07, 6.45) is 1.78. The molecule has 0 radical (unpaired) electrons. The van der Waals surface area contributed by atoms with Gasteiger partial charge >= 0.3 is 0 Å². The van der Waals surface area contributed by atoms with Crippen LogP contribution in [0.15, 0.2) is 59.1 Å². The van der Waals surface area contributed by atoms with Crippen molar-refractivity contribution in [2.24, 2.45) is 0 Å². The molecule has 1 aromatic heterocycles. The highest BCUT2D eigenvalue weighted by Crippen LogP contribution is 2.26. The Morgan fingerprint density at radius 1 is 1.24 bits per heavy atom. The molecule has 150 valence electrons. The number of hydrogen-bond acceptors (Lipinski definition) is 5. The van der Waals surface area contributed by atoms with E-state index in [1.807, 2.05) is 6.07 Å². The number of rotatable bonds is 5. The van der Waals surface area contributed by atoms with Crippen LogP contribution in [-0.4, -0.2) is 40.6 Å². The first-order valence-corrected chi connectivity index (χ1v) is 9.48. The summed E-state index contributed by atoms with van der Waals surface area (Å²) >= 11 is 0. The van der Waals surface area contributed by atoms with Gasteiger partial charge in [0.15, 0.2) is 11.7 Å². The molecule has 1 unspecified atom stereocenters. The molecule has 0 saturated carbocycles. The number of aryl methyl sites for hydroxylation is 1. The molecule has 1 aliphatic heterocycles. The lowest BCUT2D eigenvalue weighted by Crippen LogP contribution is -2.42. The number of aromatic hydroxyl groups is 1. The molecule has 0 bridgehead atoms. The molecule has 1 fully saturated rings. The summed E-state index contributed by atoms with van der Waals surface area (Å²) in [5.41, 5.74) is 1.18. The SMILES string of the molecule is O=C(CCc1ncc(-c2ccccc2F)o1)N1CCOC(c2cccc(O)c2)C1. The van der Waals surface area contributed by atoms with Gasteiger partial charge in [-0.2, -0.15) is 0 Å². The van der Waals surface area contributed by atoms with Crippen molar-refractivity contribution in [2.75, 3.05) is 19.7 Å². The molecule has 4 rings (SSSR count). The van der Waals surface area contributed by atoms with Crippen molar-refractivity contribution in [3.8, 4) is 17.1 Å². The van der Waals surface area contributed by atoms with Crippen LogP contribution in [0.25, 0.3) is 11.3 Å². The monoisotopic (exact) mass is 396 g/mol. The number of morpholine rings is 1. The highest BCUT2D eigenvalue weighted by molar-refractivity contribution is 5.76. The van der Waals surface area contributed by atoms with Crippen molar-refractivity contribution in [2.45, 2.75) is 18.9 Å². The fraction of sp³-hybridized carbons (Fsp3) is 0.273. The highest BCUT2D eigenvalue weighted by Gasteiger charge is 2.25. The molecule has 0 spiro atoms. The Kier molecular flexibility index (Phi) is 5.57. The largest absolute Gasteiger partial charge is 0.508 e. The Hall–Kier alpha value is -3.19. The number of nitrogens with zero attached hydrogens (tertiary/aromatic N) is 2. The van der Waals surface area contributed by atoms with Crippen LogP contribution in [-0.2, 0) is 16.0 Å². The molecule has 3 aromatic rings. The third kappa shape index (κ3) is 4.46. The maximum absolute atomic E-state index is 13.9. The highest BCUT2D eigenvalue weighted by atomic mass is 19.1. The molecule has 2 aromatic carbocycles. The average Bonchev–Trinajstić information content (AvgIpc) is 3.21. The second-order valence-electron chi connectivity index (χ2n) is 6.89. The standard InChI is InChI=1S/C22H21FN2O4/c23-18-7-2-1-6-17(18)19-13-24-21(29-19)8-9-22(27)25-10-11-28-20(14-25)15-4-3-5-16(26)12-15/h1-7,12-13,20,26H,8-11,14H2. The number of oxazole rings is 1. The number of carbonyl (C=O) groups excluding carboxylic acids is 1. The Morgan fingerprint density at radius 2 is 2.10 bits per heavy atom. The smallest absolute Gasteiger partial charge is 0.223 e. The summed E-state index contributed by atoms with van der Waals surface area (Å²) in [4.78, 5) is 18.6. The van der Waals surface area contributed by atoms with Crippen molar-refractivity contribution in [3.05, 3.63) is 72.0 Å². The summed E-state index contributed by atoms with van der Waals surface area (Å²) in [5.74, 6) is 0.515. The molecular weight excluding hydrogens is 375 g/mol. The maximum atomic E-state index is 13.9. The zero-order valence-corrected chi connectivity index (χ0v) is 15.8. The van der Waals surface area contributed by atoms with E-state index in [2.05, 4.69) is 4.98 Å². The quantitative estimate of drug-likeness (QED) is 0.711. The van der Waals surface area contributed by atoms with Gasteiger partial charge in [-0.15, -0.1) is 0 Å². The van der Waals surface area contributed by atoms with Crippen LogP contribution in [0.3, 0.4) is 0 Å². The van der Waals surface area contributed by atoms with Crippen molar-refractivity contribution >= 4 is 5.91 Å². The van der Waals surface area contributed by atoms with Crippen LogP contribution in [0, 0.1) is 5.82 Å². The van der Waals surface area contributed by atoms with Gasteiger partial charge in [0.25, 0.3) is 0 Å². The summed E-state index contributed by atoms with van der Waals surface area (Å²) in [7, 11) is 0. The van der Waals surface area contributed by atoms with Gasteiger partial charge in [0.2, 0.25) is 5.91 Å². The number of carbonyl (C=O) groups is 1. The molecule has 0 aliphatic carbocycles. The zero-order chi connectivity index (χ0) is 20.2. The second-order valence-corrected chi connectivity index (χ2v) is 6.89. The zero-order valence-electron chi connectivity index (χ0n) is 15.8. The Balaban J connectivity index is 1.36. The van der Waals surface area contributed by atoms with Crippen LogP contribution in [0.4, 0.5) is 4.39 Å². The van der Waals surface area contributed by atoms with Gasteiger partial charge in [-0.1, -0.05) is 24.3 Å². The first-order valence-electron chi connectivity index (χ1n) is 9.48. The lowest BCUT2D eigenvalue weighted by atomic mass is 10.1. The summed E-state index contributed by atoms with van der Waals surface area (Å²) in [6.45, 7) is 1.37. The molecule has 2 heterocycles. The number of ether oxygens (including phenoxy) is 1. The van der Waals surface area contributed by atoms with Gasteiger partial charge in [-0.05, 0) is 29.8 Å². The van der Waals surface area contributed by atoms with Gasteiger partial charge in [0.05, 0.1) is 24.9 Å². The second kappa shape index (κ2) is 8.45. The van der Waals surface area contributed by atoms with E-state index in [4.69, 9.17) is 9.15 Å². The molecule has 1 aliphatic rings. The van der Waals surface area contributed by atoms with Gasteiger partial charge in [-0.25, -0.2) is 9.37 Å². The van der Waals surface area contributed by atoms with Gasteiger partial charge < -0.3 is 19.2 Å². The predicted octanol–water partition coefficient (Wildman–Crippen LogP) is 3.72. The molecule has 1 N–H and O–H groups in total. The Morgan fingerprint density at radius 3 is 2.93 bits per heavy atom. The number of halogens is 1. The summed E-state index contributed by atoms with van der Waals surface area (Å²) in [6, 6.07) is 13.2. The maximum Gasteiger partial charge on any atom is 0.223 e. The summed E-state index contributed by atoms with van der Waals surface area (Å²) < 4.78 is 25.2. The molecule has 1 amide bonds. The number of benzene rings is 2. The van der Waals surface area contributed by atoms with E-state index >= 15 is 0 Å². The topological polar surface area (TPSA) is 75.8 Å². The van der Waals surface area contributed by atoms with Crippen LogP contribution >= 0.6 is 0 Å².